The highest BCUT2D eigenvalue weighted by Gasteiger charge is 2.35. The minimum Gasteiger partial charge on any atom is -0.494 e. The summed E-state index contributed by atoms with van der Waals surface area (Å²) >= 11 is 1.45. The van der Waals surface area contributed by atoms with Crippen molar-refractivity contribution in [3.05, 3.63) is 72.1 Å². The van der Waals surface area contributed by atoms with Gasteiger partial charge in [-0.1, -0.05) is 42.1 Å². The van der Waals surface area contributed by atoms with Gasteiger partial charge >= 0.3 is 0 Å². The van der Waals surface area contributed by atoms with Crippen LogP contribution in [0, 0.1) is 6.92 Å². The number of aromatic nitrogens is 2. The average Bonchev–Trinajstić information content (AvgIpc) is 3.31. The lowest BCUT2D eigenvalue weighted by Crippen LogP contribution is -2.45. The van der Waals surface area contributed by atoms with Crippen LogP contribution in [-0.2, 0) is 14.9 Å². The summed E-state index contributed by atoms with van der Waals surface area (Å²) in [6, 6.07) is 16.4. The maximum absolute atomic E-state index is 12.8. The van der Waals surface area contributed by atoms with Gasteiger partial charge in [0, 0.05) is 37.6 Å². The zero-order valence-corrected chi connectivity index (χ0v) is 20.1. The molecule has 174 valence electrons. The van der Waals surface area contributed by atoms with E-state index in [4.69, 9.17) is 9.47 Å². The van der Waals surface area contributed by atoms with Crippen molar-refractivity contribution in [3.8, 4) is 11.4 Å². The molecule has 6 nitrogen and oxygen atoms in total. The monoisotopic (exact) mass is 465 g/mol. The van der Waals surface area contributed by atoms with Gasteiger partial charge in [0.2, 0.25) is 5.91 Å². The first-order valence-corrected chi connectivity index (χ1v) is 12.4. The highest BCUT2D eigenvalue weighted by molar-refractivity contribution is 7.99. The third-order valence-electron chi connectivity index (χ3n) is 6.17. The van der Waals surface area contributed by atoms with E-state index < -0.39 is 0 Å². The zero-order chi connectivity index (χ0) is 23.1. The third kappa shape index (κ3) is 5.60. The fraction of sp³-hybridized carbons (Fsp3) is 0.385. The molecule has 0 atom stereocenters. The Kier molecular flexibility index (Phi) is 7.73. The van der Waals surface area contributed by atoms with Gasteiger partial charge in [0.05, 0.1) is 18.0 Å². The van der Waals surface area contributed by atoms with E-state index >= 15 is 0 Å². The number of carbonyl (C=O) groups is 1. The van der Waals surface area contributed by atoms with Gasteiger partial charge in [-0.25, -0.2) is 4.98 Å². The van der Waals surface area contributed by atoms with Crippen LogP contribution in [0.2, 0.25) is 0 Å². The molecule has 1 saturated heterocycles. The van der Waals surface area contributed by atoms with Gasteiger partial charge in [-0.3, -0.25) is 9.36 Å². The van der Waals surface area contributed by atoms with E-state index in [1.807, 2.05) is 42.0 Å². The number of rotatable bonds is 9. The van der Waals surface area contributed by atoms with Crippen molar-refractivity contribution in [2.75, 3.05) is 32.1 Å². The van der Waals surface area contributed by atoms with E-state index in [9.17, 15) is 4.79 Å². The Hall–Kier alpha value is -2.77. The summed E-state index contributed by atoms with van der Waals surface area (Å²) in [7, 11) is 0. The maximum atomic E-state index is 12.8. The highest BCUT2D eigenvalue weighted by Crippen LogP contribution is 2.35. The van der Waals surface area contributed by atoms with Gasteiger partial charge in [-0.15, -0.1) is 0 Å². The minimum atomic E-state index is -0.122. The normalized spacial score (nSPS) is 15.2. The Morgan fingerprint density at radius 3 is 2.67 bits per heavy atom. The molecule has 2 heterocycles. The lowest BCUT2D eigenvalue weighted by atomic mass is 9.74. The van der Waals surface area contributed by atoms with Crippen molar-refractivity contribution in [2.45, 2.75) is 37.3 Å². The number of amides is 1. The molecular weight excluding hydrogens is 434 g/mol. The van der Waals surface area contributed by atoms with Crippen molar-refractivity contribution < 1.29 is 14.3 Å². The molecule has 0 saturated carbocycles. The molecule has 1 fully saturated rings. The van der Waals surface area contributed by atoms with E-state index in [0.29, 0.717) is 32.1 Å². The van der Waals surface area contributed by atoms with E-state index in [2.05, 4.69) is 41.5 Å². The number of nitrogens with zero attached hydrogens (tertiary/aromatic N) is 2. The van der Waals surface area contributed by atoms with Gasteiger partial charge in [0.15, 0.2) is 5.16 Å². The number of imidazole rings is 1. The molecule has 0 unspecified atom stereocenters. The van der Waals surface area contributed by atoms with Crippen molar-refractivity contribution in [1.82, 2.24) is 14.9 Å². The standard InChI is InChI=1S/C26H31N3O3S/c1-3-32-22-10-8-21(9-11-22)26(12-16-31-17-13-26)19-28-24(30)18-33-25-27-14-15-29(25)23-7-5-4-6-20(23)2/h4-11,14-15H,3,12-13,16-19H2,1-2H3,(H,28,30). The Balaban J connectivity index is 1.39. The maximum Gasteiger partial charge on any atom is 0.230 e. The molecule has 1 N–H and O–H groups in total. The van der Waals surface area contributed by atoms with Crippen molar-refractivity contribution in [1.29, 1.82) is 0 Å². The number of benzene rings is 2. The van der Waals surface area contributed by atoms with Crippen molar-refractivity contribution >= 4 is 17.7 Å². The van der Waals surface area contributed by atoms with Crippen LogP contribution in [0.15, 0.2) is 66.1 Å². The Labute approximate surface area is 199 Å². The fourth-order valence-corrected chi connectivity index (χ4v) is 5.06. The van der Waals surface area contributed by atoms with Crippen LogP contribution in [0.25, 0.3) is 5.69 Å². The lowest BCUT2D eigenvalue weighted by molar-refractivity contribution is -0.119. The van der Waals surface area contributed by atoms with E-state index in [-0.39, 0.29) is 11.3 Å². The number of nitrogens with one attached hydrogen (secondary N) is 1. The van der Waals surface area contributed by atoms with Gasteiger partial charge in [0.25, 0.3) is 0 Å². The predicted molar refractivity (Wildman–Crippen MR) is 131 cm³/mol. The molecule has 0 spiro atoms. The minimum absolute atomic E-state index is 0.0103. The number of hydrogen-bond acceptors (Lipinski definition) is 5. The van der Waals surface area contributed by atoms with Crippen LogP contribution in [-0.4, -0.2) is 47.6 Å². The number of carbonyl (C=O) groups excluding carboxylic acids is 1. The molecule has 3 aromatic rings. The molecule has 1 amide bonds. The van der Waals surface area contributed by atoms with E-state index in [0.717, 1.165) is 29.4 Å². The summed E-state index contributed by atoms with van der Waals surface area (Å²) in [6.45, 7) is 6.70. The molecule has 0 radical (unpaired) electrons. The van der Waals surface area contributed by atoms with Crippen LogP contribution in [0.5, 0.6) is 5.75 Å². The largest absolute Gasteiger partial charge is 0.494 e. The molecule has 0 aliphatic carbocycles. The quantitative estimate of drug-likeness (QED) is 0.470. The Morgan fingerprint density at radius 2 is 1.94 bits per heavy atom. The van der Waals surface area contributed by atoms with Crippen LogP contribution in [0.3, 0.4) is 0 Å². The van der Waals surface area contributed by atoms with E-state index in [1.54, 1.807) is 6.20 Å². The van der Waals surface area contributed by atoms with Gasteiger partial charge < -0.3 is 14.8 Å². The highest BCUT2D eigenvalue weighted by atomic mass is 32.2. The predicted octanol–water partition coefficient (Wildman–Crippen LogP) is 4.54. The molecule has 0 bridgehead atoms. The first-order valence-electron chi connectivity index (χ1n) is 11.4. The number of aryl methyl sites for hydroxylation is 1. The average molecular weight is 466 g/mol. The third-order valence-corrected chi connectivity index (χ3v) is 7.13. The summed E-state index contributed by atoms with van der Waals surface area (Å²) in [5.74, 6) is 1.20. The first kappa shape index (κ1) is 23.4. The zero-order valence-electron chi connectivity index (χ0n) is 19.3. The molecule has 7 heteroatoms. The number of ether oxygens (including phenoxy) is 2. The molecular formula is C26H31N3O3S. The summed E-state index contributed by atoms with van der Waals surface area (Å²) in [6.07, 6.45) is 5.47. The van der Waals surface area contributed by atoms with Crippen LogP contribution in [0.4, 0.5) is 0 Å². The van der Waals surface area contributed by atoms with Crippen LogP contribution >= 0.6 is 11.8 Å². The number of thioether (sulfide) groups is 1. The summed E-state index contributed by atoms with van der Waals surface area (Å²) in [4.78, 5) is 17.2. The molecule has 1 aliphatic heterocycles. The number of hydrogen-bond donors (Lipinski definition) is 1. The summed E-state index contributed by atoms with van der Waals surface area (Å²) in [5.41, 5.74) is 3.34. The number of para-hydroxylation sites is 1. The lowest BCUT2D eigenvalue weighted by Gasteiger charge is -2.38. The van der Waals surface area contributed by atoms with Crippen molar-refractivity contribution in [2.24, 2.45) is 0 Å². The first-order chi connectivity index (χ1) is 16.1. The molecule has 33 heavy (non-hydrogen) atoms. The topological polar surface area (TPSA) is 65.4 Å². The molecule has 1 aromatic heterocycles. The van der Waals surface area contributed by atoms with Gasteiger partial charge in [0.1, 0.15) is 5.75 Å². The summed E-state index contributed by atoms with van der Waals surface area (Å²) in [5, 5.41) is 3.99. The Bertz CT molecular complexity index is 1060. The van der Waals surface area contributed by atoms with E-state index in [1.165, 1.54) is 22.9 Å². The molecule has 2 aromatic carbocycles. The second-order valence-corrected chi connectivity index (χ2v) is 9.22. The molecule has 1 aliphatic rings. The second-order valence-electron chi connectivity index (χ2n) is 8.28. The second kappa shape index (κ2) is 10.9. The van der Waals surface area contributed by atoms with Gasteiger partial charge in [-0.2, -0.15) is 0 Å². The SMILES string of the molecule is CCOc1ccc(C2(CNC(=O)CSc3nccn3-c3ccccc3C)CCOCC2)cc1. The van der Waals surface area contributed by atoms with Crippen molar-refractivity contribution in [3.63, 3.8) is 0 Å². The van der Waals surface area contributed by atoms with Gasteiger partial charge in [-0.05, 0) is 56.0 Å². The smallest absolute Gasteiger partial charge is 0.230 e. The van der Waals surface area contributed by atoms with Crippen LogP contribution < -0.4 is 10.1 Å². The van der Waals surface area contributed by atoms with Crippen LogP contribution in [0.1, 0.15) is 30.9 Å². The summed E-state index contributed by atoms with van der Waals surface area (Å²) < 4.78 is 13.2. The fourth-order valence-electron chi connectivity index (χ4n) is 4.26. The molecule has 4 rings (SSSR count). The Morgan fingerprint density at radius 1 is 1.18 bits per heavy atom.